The van der Waals surface area contributed by atoms with Crippen LogP contribution in [0.25, 0.3) is 0 Å². The van der Waals surface area contributed by atoms with Crippen LogP contribution >= 0.6 is 0 Å². The topological polar surface area (TPSA) is 86.6 Å². The minimum Gasteiger partial charge on any atom is -0.507 e. The van der Waals surface area contributed by atoms with Crippen LogP contribution in [-0.2, 0) is 11.2 Å². The number of benzene rings is 2. The monoisotopic (exact) mass is 289 g/mol. The van der Waals surface area contributed by atoms with Crippen LogP contribution in [0.4, 0.5) is 10.1 Å². The lowest BCUT2D eigenvalue weighted by Gasteiger charge is -2.08. The van der Waals surface area contributed by atoms with Crippen molar-refractivity contribution in [1.82, 2.24) is 0 Å². The molecule has 0 unspecified atom stereocenters. The van der Waals surface area contributed by atoms with Gasteiger partial charge in [0, 0.05) is 5.69 Å². The van der Waals surface area contributed by atoms with E-state index in [1.807, 2.05) is 0 Å². The van der Waals surface area contributed by atoms with Gasteiger partial charge in [-0.2, -0.15) is 0 Å². The van der Waals surface area contributed by atoms with Gasteiger partial charge in [-0.05, 0) is 35.9 Å². The standard InChI is InChI=1S/C15H12FNO4/c16-10-4-5-13(18)12(8-10)15(21)17-11-3-1-2-9(6-11)7-14(19)20/h1-6,8,18H,7H2,(H,17,21)(H,19,20). The number of carbonyl (C=O) groups is 2. The number of amides is 1. The summed E-state index contributed by atoms with van der Waals surface area (Å²) in [5, 5.41) is 20.8. The molecule has 3 N–H and O–H groups in total. The van der Waals surface area contributed by atoms with E-state index in [0.29, 0.717) is 11.3 Å². The fourth-order valence-corrected chi connectivity index (χ4v) is 1.82. The highest BCUT2D eigenvalue weighted by atomic mass is 19.1. The van der Waals surface area contributed by atoms with E-state index in [9.17, 15) is 19.1 Å². The van der Waals surface area contributed by atoms with Crippen LogP contribution in [0.5, 0.6) is 5.75 Å². The zero-order valence-electron chi connectivity index (χ0n) is 10.8. The van der Waals surface area contributed by atoms with Gasteiger partial charge in [-0.1, -0.05) is 12.1 Å². The Morgan fingerprint density at radius 3 is 2.62 bits per heavy atom. The molecular weight excluding hydrogens is 277 g/mol. The van der Waals surface area contributed by atoms with Gasteiger partial charge in [0.1, 0.15) is 11.6 Å². The Morgan fingerprint density at radius 2 is 1.90 bits per heavy atom. The van der Waals surface area contributed by atoms with Crippen LogP contribution in [0.15, 0.2) is 42.5 Å². The Morgan fingerprint density at radius 1 is 1.14 bits per heavy atom. The molecule has 0 aromatic heterocycles. The first-order valence-electron chi connectivity index (χ1n) is 6.06. The molecule has 0 aliphatic carbocycles. The van der Waals surface area contributed by atoms with Crippen molar-refractivity contribution >= 4 is 17.6 Å². The van der Waals surface area contributed by atoms with Crippen LogP contribution in [0.3, 0.4) is 0 Å². The Labute approximate surface area is 119 Å². The van der Waals surface area contributed by atoms with Gasteiger partial charge in [-0.25, -0.2) is 4.39 Å². The fraction of sp³-hybridized carbons (Fsp3) is 0.0667. The molecule has 0 saturated heterocycles. The summed E-state index contributed by atoms with van der Waals surface area (Å²) in [6, 6.07) is 9.33. The molecule has 2 aromatic carbocycles. The minimum absolute atomic E-state index is 0.172. The van der Waals surface area contributed by atoms with Crippen molar-refractivity contribution in [2.45, 2.75) is 6.42 Å². The van der Waals surface area contributed by atoms with Gasteiger partial charge in [0.05, 0.1) is 12.0 Å². The summed E-state index contributed by atoms with van der Waals surface area (Å²) in [7, 11) is 0. The number of carboxylic acids is 1. The average molecular weight is 289 g/mol. The van der Waals surface area contributed by atoms with Crippen molar-refractivity contribution < 1.29 is 24.2 Å². The molecule has 0 aliphatic rings. The molecule has 0 bridgehead atoms. The lowest BCUT2D eigenvalue weighted by atomic mass is 10.1. The number of carbonyl (C=O) groups excluding carboxylic acids is 1. The summed E-state index contributed by atoms with van der Waals surface area (Å²) in [5.74, 6) is -2.64. The predicted octanol–water partition coefficient (Wildman–Crippen LogP) is 2.41. The molecule has 0 radical (unpaired) electrons. The number of anilines is 1. The molecule has 2 rings (SSSR count). The van der Waals surface area contributed by atoms with Crippen molar-refractivity contribution in [3.8, 4) is 5.75 Å². The van der Waals surface area contributed by atoms with Crippen LogP contribution in [0.1, 0.15) is 15.9 Å². The maximum atomic E-state index is 13.1. The molecule has 1 amide bonds. The van der Waals surface area contributed by atoms with E-state index in [1.54, 1.807) is 18.2 Å². The number of phenols is 1. The number of nitrogens with one attached hydrogen (secondary N) is 1. The maximum absolute atomic E-state index is 13.1. The second-order valence-corrected chi connectivity index (χ2v) is 4.39. The molecule has 0 fully saturated rings. The number of hydrogen-bond donors (Lipinski definition) is 3. The van der Waals surface area contributed by atoms with Crippen molar-refractivity contribution in [2.24, 2.45) is 0 Å². The smallest absolute Gasteiger partial charge is 0.307 e. The van der Waals surface area contributed by atoms with Crippen LogP contribution in [0, 0.1) is 5.82 Å². The Balaban J connectivity index is 2.19. The van der Waals surface area contributed by atoms with E-state index >= 15 is 0 Å². The summed E-state index contributed by atoms with van der Waals surface area (Å²) in [6.07, 6.45) is -0.172. The third-order valence-corrected chi connectivity index (χ3v) is 2.74. The van der Waals surface area contributed by atoms with Gasteiger partial charge in [-0.15, -0.1) is 0 Å². The van der Waals surface area contributed by atoms with E-state index in [4.69, 9.17) is 5.11 Å². The number of aromatic hydroxyl groups is 1. The molecule has 21 heavy (non-hydrogen) atoms. The van der Waals surface area contributed by atoms with Gasteiger partial charge in [0.2, 0.25) is 0 Å². The summed E-state index contributed by atoms with van der Waals surface area (Å²) >= 11 is 0. The van der Waals surface area contributed by atoms with E-state index in [-0.39, 0.29) is 17.7 Å². The minimum atomic E-state index is -0.985. The number of aliphatic carboxylic acids is 1. The zero-order chi connectivity index (χ0) is 15.4. The molecule has 0 spiro atoms. The quantitative estimate of drug-likeness (QED) is 0.806. The Bertz CT molecular complexity index is 700. The molecule has 0 saturated carbocycles. The third-order valence-electron chi connectivity index (χ3n) is 2.74. The number of phenolic OH excluding ortho intramolecular Hbond substituents is 1. The summed E-state index contributed by atoms with van der Waals surface area (Å²) < 4.78 is 13.1. The molecule has 0 atom stereocenters. The molecule has 2 aromatic rings. The second kappa shape index (κ2) is 6.04. The van der Waals surface area contributed by atoms with Crippen molar-refractivity contribution in [2.75, 3.05) is 5.32 Å². The van der Waals surface area contributed by atoms with Crippen molar-refractivity contribution in [1.29, 1.82) is 0 Å². The average Bonchev–Trinajstić information content (AvgIpc) is 2.41. The first-order chi connectivity index (χ1) is 9.95. The zero-order valence-corrected chi connectivity index (χ0v) is 10.8. The maximum Gasteiger partial charge on any atom is 0.307 e. The first kappa shape index (κ1) is 14.5. The van der Waals surface area contributed by atoms with Gasteiger partial charge in [0.15, 0.2) is 0 Å². The highest BCUT2D eigenvalue weighted by molar-refractivity contribution is 6.06. The molecule has 5 nitrogen and oxygen atoms in total. The van der Waals surface area contributed by atoms with E-state index < -0.39 is 17.7 Å². The third kappa shape index (κ3) is 3.79. The highest BCUT2D eigenvalue weighted by Gasteiger charge is 2.13. The summed E-state index contributed by atoms with van der Waals surface area (Å²) in [5.41, 5.74) is 0.685. The molecule has 0 heterocycles. The Hall–Kier alpha value is -2.89. The predicted molar refractivity (Wildman–Crippen MR) is 73.8 cm³/mol. The largest absolute Gasteiger partial charge is 0.507 e. The molecular formula is C15H12FNO4. The van der Waals surface area contributed by atoms with E-state index in [0.717, 1.165) is 18.2 Å². The SMILES string of the molecule is O=C(O)Cc1cccc(NC(=O)c2cc(F)ccc2O)c1. The lowest BCUT2D eigenvalue weighted by Crippen LogP contribution is -2.12. The lowest BCUT2D eigenvalue weighted by molar-refractivity contribution is -0.136. The number of carboxylic acid groups (broad SMARTS) is 1. The normalized spacial score (nSPS) is 10.1. The van der Waals surface area contributed by atoms with Crippen molar-refractivity contribution in [3.05, 3.63) is 59.4 Å². The summed E-state index contributed by atoms with van der Waals surface area (Å²) in [4.78, 5) is 22.6. The number of hydrogen-bond acceptors (Lipinski definition) is 3. The number of halogens is 1. The van der Waals surface area contributed by atoms with Gasteiger partial charge in [0.25, 0.3) is 5.91 Å². The van der Waals surface area contributed by atoms with E-state index in [2.05, 4.69) is 5.32 Å². The van der Waals surface area contributed by atoms with Crippen molar-refractivity contribution in [3.63, 3.8) is 0 Å². The number of rotatable bonds is 4. The van der Waals surface area contributed by atoms with Crippen LogP contribution in [0.2, 0.25) is 0 Å². The Kier molecular flexibility index (Phi) is 4.18. The molecule has 108 valence electrons. The highest BCUT2D eigenvalue weighted by Crippen LogP contribution is 2.20. The van der Waals surface area contributed by atoms with Gasteiger partial charge >= 0.3 is 5.97 Å². The summed E-state index contributed by atoms with van der Waals surface area (Å²) in [6.45, 7) is 0. The van der Waals surface area contributed by atoms with Crippen LogP contribution in [-0.4, -0.2) is 22.1 Å². The van der Waals surface area contributed by atoms with Gasteiger partial charge < -0.3 is 15.5 Å². The first-order valence-corrected chi connectivity index (χ1v) is 6.06. The molecule has 6 heteroatoms. The van der Waals surface area contributed by atoms with Gasteiger partial charge in [-0.3, -0.25) is 9.59 Å². The second-order valence-electron chi connectivity index (χ2n) is 4.39. The van der Waals surface area contributed by atoms with E-state index in [1.165, 1.54) is 6.07 Å². The molecule has 0 aliphatic heterocycles. The fourth-order valence-electron chi connectivity index (χ4n) is 1.82. The van der Waals surface area contributed by atoms with Crippen LogP contribution < -0.4 is 5.32 Å².